The molecule has 4 aliphatic heterocycles. The second-order valence-corrected chi connectivity index (χ2v) is 25.9. The van der Waals surface area contributed by atoms with Crippen LogP contribution in [0.2, 0.25) is 0 Å². The highest BCUT2D eigenvalue weighted by Gasteiger charge is 2.70. The molecule has 8 aliphatic rings. The molecule has 77 heavy (non-hydrogen) atoms. The first-order valence-corrected chi connectivity index (χ1v) is 27.9. The van der Waals surface area contributed by atoms with Gasteiger partial charge in [0.1, 0.15) is 91.6 Å². The van der Waals surface area contributed by atoms with E-state index in [4.69, 9.17) is 37.9 Å². The van der Waals surface area contributed by atoms with Gasteiger partial charge in [-0.25, -0.2) is 0 Å². The number of fused-ring (bicyclic) bond motifs is 5. The summed E-state index contributed by atoms with van der Waals surface area (Å²) in [7, 11) is 0. The van der Waals surface area contributed by atoms with Gasteiger partial charge in [-0.3, -0.25) is 0 Å². The predicted molar refractivity (Wildman–Crippen MR) is 266 cm³/mol. The predicted octanol–water partition coefficient (Wildman–Crippen LogP) is -2.20. The zero-order valence-electron chi connectivity index (χ0n) is 45.9. The van der Waals surface area contributed by atoms with E-state index in [0.717, 1.165) is 18.4 Å². The lowest BCUT2D eigenvalue weighted by molar-refractivity contribution is -0.340. The van der Waals surface area contributed by atoms with Crippen molar-refractivity contribution in [2.45, 2.75) is 260 Å². The van der Waals surface area contributed by atoms with E-state index < -0.39 is 177 Å². The van der Waals surface area contributed by atoms with Crippen molar-refractivity contribution >= 4 is 0 Å². The van der Waals surface area contributed by atoms with Crippen LogP contribution in [0.5, 0.6) is 0 Å². The largest absolute Gasteiger partial charge is 0.394 e. The number of ether oxygens (including phenoxy) is 8. The van der Waals surface area contributed by atoms with Crippen LogP contribution in [0.15, 0.2) is 11.6 Å². The van der Waals surface area contributed by atoms with Gasteiger partial charge < -0.3 is 114 Å². The Hall–Kier alpha value is -1.18. The Balaban J connectivity index is 0.910. The van der Waals surface area contributed by atoms with Crippen LogP contribution >= 0.6 is 0 Å². The van der Waals surface area contributed by atoms with Crippen LogP contribution in [0.4, 0.5) is 0 Å². The summed E-state index contributed by atoms with van der Waals surface area (Å²) in [6.45, 7) is 16.3. The third-order valence-electron chi connectivity index (χ3n) is 20.7. The van der Waals surface area contributed by atoms with Gasteiger partial charge in [0.2, 0.25) is 0 Å². The van der Waals surface area contributed by atoms with Crippen molar-refractivity contribution in [3.63, 3.8) is 0 Å². The summed E-state index contributed by atoms with van der Waals surface area (Å²) >= 11 is 0. The molecule has 7 fully saturated rings. The Kier molecular flexibility index (Phi) is 18.6. The van der Waals surface area contributed by atoms with E-state index in [1.165, 1.54) is 6.92 Å². The molecule has 15 N–H and O–H groups in total. The quantitative estimate of drug-likeness (QED) is 0.0729. The fourth-order valence-corrected chi connectivity index (χ4v) is 15.5. The second kappa shape index (κ2) is 23.1. The van der Waals surface area contributed by atoms with Gasteiger partial charge in [-0.15, -0.1) is 0 Å². The summed E-state index contributed by atoms with van der Waals surface area (Å²) in [5, 5.41) is 161. The first-order chi connectivity index (χ1) is 35.8. The summed E-state index contributed by atoms with van der Waals surface area (Å²) in [4.78, 5) is 0. The van der Waals surface area contributed by atoms with Gasteiger partial charge in [0.25, 0.3) is 0 Å². The van der Waals surface area contributed by atoms with Crippen LogP contribution in [-0.2, 0) is 37.9 Å². The molecule has 3 unspecified atom stereocenters. The molecule has 0 radical (unpaired) electrons. The standard InChI is InChI=1S/C54H92O23/c1-22(10-14-33(51(5,6)69)77-49-45(68)41(64)36(59)28(75-49)20-70-46-42(65)38(61)34(57)23(2)72-46)24-16-17-52(7)30-13-11-25-26(54(30,9)31(56)18-53(24,52)8)12-15-32(50(25,3)4)76-48-44(67)40(63)37(60)29(74-48)21-71-47-43(66)39(62)35(58)27(19-55)73-47/h11,22-24,26-49,55-69H,10,12-21H2,1-9H3/t22-,23-,24?,26?,27-,28-,29-,30?,31-,32+,33-,34-,35-,36-,37-,38+,39+,40+,41+,42-,43-,44-,45-,46-,47-,48+,49+,52+,53-,54+/m1/s1. The van der Waals surface area contributed by atoms with E-state index in [1.54, 1.807) is 13.8 Å². The van der Waals surface area contributed by atoms with E-state index >= 15 is 0 Å². The zero-order valence-corrected chi connectivity index (χ0v) is 45.9. The third kappa shape index (κ3) is 11.0. The smallest absolute Gasteiger partial charge is 0.187 e. The molecule has 0 aromatic rings. The minimum absolute atomic E-state index is 0.0149. The van der Waals surface area contributed by atoms with Crippen molar-refractivity contribution in [3.8, 4) is 0 Å². The Morgan fingerprint density at radius 1 is 0.610 bits per heavy atom. The molecule has 23 nitrogen and oxygen atoms in total. The van der Waals surface area contributed by atoms with Crippen molar-refractivity contribution in [3.05, 3.63) is 11.6 Å². The van der Waals surface area contributed by atoms with Gasteiger partial charge in [0.05, 0.1) is 49.8 Å². The average Bonchev–Trinajstić information content (AvgIpc) is 3.72. The molecule has 0 aromatic carbocycles. The molecular formula is C54H92O23. The highest BCUT2D eigenvalue weighted by atomic mass is 16.7. The molecule has 3 saturated carbocycles. The van der Waals surface area contributed by atoms with Crippen LogP contribution < -0.4 is 0 Å². The van der Waals surface area contributed by atoms with E-state index in [-0.39, 0.29) is 34.5 Å². The minimum Gasteiger partial charge on any atom is -0.394 e. The van der Waals surface area contributed by atoms with Crippen molar-refractivity contribution in [2.75, 3.05) is 19.8 Å². The first-order valence-electron chi connectivity index (χ1n) is 27.9. The molecule has 0 aromatic heterocycles. The summed E-state index contributed by atoms with van der Waals surface area (Å²) < 4.78 is 47.1. The summed E-state index contributed by atoms with van der Waals surface area (Å²) in [6, 6.07) is 0. The van der Waals surface area contributed by atoms with E-state index in [2.05, 4.69) is 47.6 Å². The number of aliphatic hydroxyl groups excluding tert-OH is 14. The lowest BCUT2D eigenvalue weighted by atomic mass is 9.38. The highest BCUT2D eigenvalue weighted by molar-refractivity contribution is 5.32. The Morgan fingerprint density at radius 2 is 1.12 bits per heavy atom. The van der Waals surface area contributed by atoms with E-state index in [1.807, 2.05) is 0 Å². The molecule has 23 heteroatoms. The van der Waals surface area contributed by atoms with Crippen LogP contribution in [0, 0.1) is 45.3 Å². The number of allylic oxidation sites excluding steroid dienone is 1. The molecule has 8 rings (SSSR count). The second-order valence-electron chi connectivity index (χ2n) is 25.9. The lowest BCUT2D eigenvalue weighted by Gasteiger charge is -2.67. The van der Waals surface area contributed by atoms with Gasteiger partial charge in [-0.1, -0.05) is 53.2 Å². The Bertz CT molecular complexity index is 2010. The number of hydrogen-bond donors (Lipinski definition) is 15. The molecule has 4 aliphatic carbocycles. The summed E-state index contributed by atoms with van der Waals surface area (Å²) in [6.07, 6.45) is -24.7. The molecule has 446 valence electrons. The molecule has 0 spiro atoms. The third-order valence-corrected chi connectivity index (χ3v) is 20.7. The number of aliphatic hydroxyl groups is 15. The van der Waals surface area contributed by atoms with Gasteiger partial charge in [-0.2, -0.15) is 0 Å². The maximum Gasteiger partial charge on any atom is 0.187 e. The normalized spacial score (nSPS) is 51.9. The highest BCUT2D eigenvalue weighted by Crippen LogP contribution is 2.75. The molecule has 4 heterocycles. The van der Waals surface area contributed by atoms with Crippen LogP contribution in [0.3, 0.4) is 0 Å². The summed E-state index contributed by atoms with van der Waals surface area (Å²) in [5.74, 6) is 0.362. The Labute approximate surface area is 450 Å². The van der Waals surface area contributed by atoms with Crippen LogP contribution in [0.25, 0.3) is 0 Å². The molecule has 0 amide bonds. The average molecular weight is 1110 g/mol. The number of hydrogen-bond acceptors (Lipinski definition) is 23. The molecule has 4 saturated heterocycles. The molecular weight excluding hydrogens is 1020 g/mol. The van der Waals surface area contributed by atoms with E-state index in [0.29, 0.717) is 38.5 Å². The Morgan fingerprint density at radius 3 is 1.69 bits per heavy atom. The van der Waals surface area contributed by atoms with Gasteiger partial charge >= 0.3 is 0 Å². The SMILES string of the molecule is C[C@H](CC[C@@H](O[C@@H]1O[C@H](CO[C@@H]2O[C@H](C)[C@@H](O)[C@H](O)[C@H]2O)[C@@H](O)[C@H](O)[C@H]1O)C(C)(C)O)C1CC[C@@]2(C)C3CC=C4C(CC[C@H](O[C@@H]5O[C@H](CO[C@@H]6O[C@H](CO)[C@@H](O)[C@H](O)[C@H]6O)[C@@H](O)[C@H](O)[C@H]5O)C4(C)C)[C@]3(C)[C@H](O)C[C@]12C. The van der Waals surface area contributed by atoms with Crippen molar-refractivity contribution in [1.29, 1.82) is 0 Å². The first kappa shape index (κ1) is 61.9. The maximum atomic E-state index is 12.7. The zero-order chi connectivity index (χ0) is 56.8. The fourth-order valence-electron chi connectivity index (χ4n) is 15.5. The van der Waals surface area contributed by atoms with Gasteiger partial charge in [-0.05, 0) is 107 Å². The maximum absolute atomic E-state index is 12.7. The molecule has 30 atom stereocenters. The van der Waals surface area contributed by atoms with Crippen molar-refractivity contribution in [2.24, 2.45) is 45.3 Å². The van der Waals surface area contributed by atoms with Crippen molar-refractivity contribution in [1.82, 2.24) is 0 Å². The summed E-state index contributed by atoms with van der Waals surface area (Å²) in [5.41, 5.74) is -1.94. The topological polar surface area (TPSA) is 377 Å². The minimum atomic E-state index is -1.73. The van der Waals surface area contributed by atoms with Crippen LogP contribution in [-0.4, -0.2) is 243 Å². The van der Waals surface area contributed by atoms with Gasteiger partial charge in [0.15, 0.2) is 25.2 Å². The van der Waals surface area contributed by atoms with Gasteiger partial charge in [0, 0.05) is 10.8 Å². The van der Waals surface area contributed by atoms with Crippen LogP contribution in [0.1, 0.15) is 114 Å². The van der Waals surface area contributed by atoms with E-state index in [9.17, 15) is 76.6 Å². The fraction of sp³-hybridized carbons (Fsp3) is 0.963. The monoisotopic (exact) mass is 1110 g/mol. The van der Waals surface area contributed by atoms with Crippen molar-refractivity contribution < 1.29 is 114 Å². The molecule has 0 bridgehead atoms. The number of rotatable bonds is 16. The lowest BCUT2D eigenvalue weighted by Crippen LogP contribution is -2.65.